The summed E-state index contributed by atoms with van der Waals surface area (Å²) in [7, 11) is 0. The van der Waals surface area contributed by atoms with E-state index in [-0.39, 0.29) is 5.96 Å². The number of aromatic nitrogens is 1. The number of hydrazone groups is 1. The lowest BCUT2D eigenvalue weighted by Crippen LogP contribution is -2.26. The Kier molecular flexibility index (Phi) is 4.93. The second-order valence-corrected chi connectivity index (χ2v) is 5.42. The van der Waals surface area contributed by atoms with E-state index in [9.17, 15) is 0 Å². The summed E-state index contributed by atoms with van der Waals surface area (Å²) >= 11 is 5.93. The van der Waals surface area contributed by atoms with Crippen molar-refractivity contribution in [2.75, 3.05) is 0 Å². The number of hydrogen-bond donors (Lipinski definition) is 2. The van der Waals surface area contributed by atoms with Gasteiger partial charge in [0.1, 0.15) is 0 Å². The minimum Gasteiger partial charge on any atom is -0.368 e. The fourth-order valence-corrected chi connectivity index (χ4v) is 2.29. The molecule has 0 aliphatic rings. The van der Waals surface area contributed by atoms with Crippen molar-refractivity contribution in [2.24, 2.45) is 15.8 Å². The highest BCUT2D eigenvalue weighted by Crippen LogP contribution is 2.15. The number of halogens is 1. The molecule has 2 aromatic carbocycles. The first-order valence-corrected chi connectivity index (χ1v) is 7.72. The fourth-order valence-electron chi connectivity index (χ4n) is 2.17. The van der Waals surface area contributed by atoms with Crippen LogP contribution >= 0.6 is 11.6 Å². The maximum Gasteiger partial charge on any atom is 0.214 e. The molecule has 5 nitrogen and oxygen atoms in total. The van der Waals surface area contributed by atoms with E-state index >= 15 is 0 Å². The number of guanidine groups is 1. The lowest BCUT2D eigenvalue weighted by Gasteiger charge is -2.06. The van der Waals surface area contributed by atoms with Crippen LogP contribution < -0.4 is 11.2 Å². The van der Waals surface area contributed by atoms with Crippen molar-refractivity contribution in [3.8, 4) is 5.69 Å². The minimum atomic E-state index is 0.224. The Morgan fingerprint density at radius 1 is 1.00 bits per heavy atom. The zero-order valence-electron chi connectivity index (χ0n) is 12.8. The lowest BCUT2D eigenvalue weighted by molar-refractivity contribution is 1.00. The number of benzene rings is 2. The largest absolute Gasteiger partial charge is 0.368 e. The summed E-state index contributed by atoms with van der Waals surface area (Å²) in [5.41, 5.74) is 11.2. The van der Waals surface area contributed by atoms with Gasteiger partial charge in [0.05, 0.1) is 17.6 Å². The normalized spacial score (nSPS) is 11.8. The standard InChI is InChI=1S/C18H16ClN5/c19-14-8-10-16(11-9-14)24-12-4-7-17(24)13-21-23-18(20)22-15-5-2-1-3-6-15/h1-13H,(H3,20,22,23)/b21-13+. The van der Waals surface area contributed by atoms with Crippen LogP contribution in [0.2, 0.25) is 5.02 Å². The van der Waals surface area contributed by atoms with Gasteiger partial charge < -0.3 is 10.3 Å². The summed E-state index contributed by atoms with van der Waals surface area (Å²) in [5.74, 6) is 0.224. The summed E-state index contributed by atoms with van der Waals surface area (Å²) < 4.78 is 1.99. The Morgan fingerprint density at radius 2 is 1.75 bits per heavy atom. The summed E-state index contributed by atoms with van der Waals surface area (Å²) in [6.07, 6.45) is 3.63. The third-order valence-corrected chi connectivity index (χ3v) is 3.52. The number of nitrogens with two attached hydrogens (primary N) is 1. The van der Waals surface area contributed by atoms with Crippen LogP contribution in [-0.4, -0.2) is 16.7 Å². The highest BCUT2D eigenvalue weighted by molar-refractivity contribution is 6.30. The van der Waals surface area contributed by atoms with Crippen molar-refractivity contribution in [3.63, 3.8) is 0 Å². The second-order valence-electron chi connectivity index (χ2n) is 4.98. The number of nitrogens with zero attached hydrogens (tertiary/aromatic N) is 3. The first-order valence-electron chi connectivity index (χ1n) is 7.34. The fraction of sp³-hybridized carbons (Fsp3) is 0. The second kappa shape index (κ2) is 7.48. The van der Waals surface area contributed by atoms with E-state index in [1.54, 1.807) is 6.21 Å². The molecule has 3 rings (SSSR count). The number of hydrogen-bond acceptors (Lipinski definition) is 2. The molecule has 3 N–H and O–H groups in total. The average Bonchev–Trinajstić information content (AvgIpc) is 3.05. The van der Waals surface area contributed by atoms with Crippen molar-refractivity contribution < 1.29 is 0 Å². The molecule has 1 heterocycles. The maximum atomic E-state index is 5.93. The van der Waals surface area contributed by atoms with Crippen LogP contribution in [0.4, 0.5) is 5.69 Å². The van der Waals surface area contributed by atoms with E-state index in [0.717, 1.165) is 17.1 Å². The lowest BCUT2D eigenvalue weighted by atomic mass is 10.3. The SMILES string of the molecule is NC(=Nc1ccccc1)N/N=C/c1cccn1-c1ccc(Cl)cc1. The zero-order chi connectivity index (χ0) is 16.8. The number of rotatable bonds is 4. The molecule has 0 aliphatic carbocycles. The Bertz CT molecular complexity index is 851. The smallest absolute Gasteiger partial charge is 0.214 e. The molecular formula is C18H16ClN5. The van der Waals surface area contributed by atoms with Crippen LogP contribution in [0.3, 0.4) is 0 Å². The summed E-state index contributed by atoms with van der Waals surface area (Å²) in [4.78, 5) is 4.22. The van der Waals surface area contributed by atoms with Crippen molar-refractivity contribution in [1.29, 1.82) is 0 Å². The van der Waals surface area contributed by atoms with E-state index in [1.165, 1.54) is 0 Å². The first kappa shape index (κ1) is 15.8. The summed E-state index contributed by atoms with van der Waals surface area (Å²) in [5, 5.41) is 4.84. The molecule has 0 saturated heterocycles. The third kappa shape index (κ3) is 4.02. The van der Waals surface area contributed by atoms with Gasteiger partial charge >= 0.3 is 0 Å². The van der Waals surface area contributed by atoms with Gasteiger partial charge in [-0.2, -0.15) is 5.10 Å². The molecule has 1 aromatic heterocycles. The quantitative estimate of drug-likeness (QED) is 0.433. The molecule has 0 aliphatic heterocycles. The predicted molar refractivity (Wildman–Crippen MR) is 99.2 cm³/mol. The van der Waals surface area contributed by atoms with Gasteiger partial charge in [0, 0.05) is 16.9 Å². The van der Waals surface area contributed by atoms with Crippen LogP contribution in [0.1, 0.15) is 5.69 Å². The molecule has 0 fully saturated rings. The molecular weight excluding hydrogens is 322 g/mol. The number of para-hydroxylation sites is 1. The molecule has 0 bridgehead atoms. The molecule has 0 unspecified atom stereocenters. The molecule has 120 valence electrons. The van der Waals surface area contributed by atoms with E-state index in [4.69, 9.17) is 17.3 Å². The molecule has 0 atom stereocenters. The Hall–Kier alpha value is -3.05. The maximum absolute atomic E-state index is 5.93. The van der Waals surface area contributed by atoms with Crippen LogP contribution in [0.25, 0.3) is 5.69 Å². The molecule has 0 spiro atoms. The first-order chi connectivity index (χ1) is 11.7. The van der Waals surface area contributed by atoms with Crippen LogP contribution in [0.5, 0.6) is 0 Å². The average molecular weight is 338 g/mol. The van der Waals surface area contributed by atoms with Crippen molar-refractivity contribution in [1.82, 2.24) is 9.99 Å². The molecule has 6 heteroatoms. The van der Waals surface area contributed by atoms with Crippen LogP contribution in [0.15, 0.2) is 83.0 Å². The highest BCUT2D eigenvalue weighted by Gasteiger charge is 2.01. The van der Waals surface area contributed by atoms with Gasteiger partial charge in [-0.05, 0) is 48.5 Å². The van der Waals surface area contributed by atoms with E-state index < -0.39 is 0 Å². The highest BCUT2D eigenvalue weighted by atomic mass is 35.5. The van der Waals surface area contributed by atoms with Gasteiger partial charge in [0.15, 0.2) is 0 Å². The van der Waals surface area contributed by atoms with Crippen molar-refractivity contribution >= 4 is 29.5 Å². The van der Waals surface area contributed by atoms with Gasteiger partial charge in [-0.1, -0.05) is 29.8 Å². The van der Waals surface area contributed by atoms with Gasteiger partial charge in [-0.25, -0.2) is 10.4 Å². The molecule has 3 aromatic rings. The van der Waals surface area contributed by atoms with Gasteiger partial charge in [-0.15, -0.1) is 0 Å². The predicted octanol–water partition coefficient (Wildman–Crippen LogP) is 3.70. The molecule has 0 amide bonds. The third-order valence-electron chi connectivity index (χ3n) is 3.27. The molecule has 24 heavy (non-hydrogen) atoms. The number of nitrogens with one attached hydrogen (secondary N) is 1. The summed E-state index contributed by atoms with van der Waals surface area (Å²) in [6.45, 7) is 0. The van der Waals surface area contributed by atoms with Gasteiger partial charge in [0.25, 0.3) is 0 Å². The Balaban J connectivity index is 1.71. The summed E-state index contributed by atoms with van der Waals surface area (Å²) in [6, 6.07) is 20.9. The van der Waals surface area contributed by atoms with E-state index in [2.05, 4.69) is 15.5 Å². The van der Waals surface area contributed by atoms with E-state index in [0.29, 0.717) is 5.02 Å². The Labute approximate surface area is 145 Å². The molecule has 0 saturated carbocycles. The van der Waals surface area contributed by atoms with Crippen molar-refractivity contribution in [2.45, 2.75) is 0 Å². The molecule has 0 radical (unpaired) electrons. The monoisotopic (exact) mass is 337 g/mol. The topological polar surface area (TPSA) is 67.7 Å². The van der Waals surface area contributed by atoms with Gasteiger partial charge in [-0.3, -0.25) is 0 Å². The van der Waals surface area contributed by atoms with Crippen LogP contribution in [0, 0.1) is 0 Å². The Morgan fingerprint density at radius 3 is 2.50 bits per heavy atom. The zero-order valence-corrected chi connectivity index (χ0v) is 13.6. The minimum absolute atomic E-state index is 0.224. The van der Waals surface area contributed by atoms with Crippen molar-refractivity contribution in [3.05, 3.63) is 83.6 Å². The van der Waals surface area contributed by atoms with Crippen LogP contribution in [-0.2, 0) is 0 Å². The number of aliphatic imine (C=N–C) groups is 1. The van der Waals surface area contributed by atoms with Gasteiger partial charge in [0.2, 0.25) is 5.96 Å². The van der Waals surface area contributed by atoms with E-state index in [1.807, 2.05) is 77.5 Å².